The van der Waals surface area contributed by atoms with Crippen molar-refractivity contribution in [3.8, 4) is 0 Å². The minimum absolute atomic E-state index is 0.00235. The molecule has 0 radical (unpaired) electrons. The van der Waals surface area contributed by atoms with Crippen LogP contribution in [0, 0.1) is 5.92 Å². The summed E-state index contributed by atoms with van der Waals surface area (Å²) in [4.78, 5) is 13.8. The molecule has 1 amide bonds. The highest BCUT2D eigenvalue weighted by Gasteiger charge is 2.24. The van der Waals surface area contributed by atoms with Crippen LogP contribution in [0.1, 0.15) is 44.7 Å². The molecule has 3 nitrogen and oxygen atoms in total. The predicted molar refractivity (Wildman–Crippen MR) is 86.9 cm³/mol. The number of benzene rings is 1. The molecule has 0 N–H and O–H groups in total. The lowest BCUT2D eigenvalue weighted by Gasteiger charge is -2.27. The summed E-state index contributed by atoms with van der Waals surface area (Å²) < 4.78 is 5.74. The number of carbonyl (C=O) groups excluding carboxylic acids is 1. The first-order valence-electron chi connectivity index (χ1n) is 7.74. The molecule has 116 valence electrons. The molecule has 2 rings (SSSR count). The molecule has 1 aromatic carbocycles. The Hall–Kier alpha value is -1.06. The number of carbonyl (C=O) groups is 1. The van der Waals surface area contributed by atoms with Crippen LogP contribution in [0.3, 0.4) is 0 Å². The summed E-state index contributed by atoms with van der Waals surface area (Å²) in [5.41, 5.74) is 3.11. The smallest absolute Gasteiger partial charge is 0.225 e. The van der Waals surface area contributed by atoms with E-state index in [-0.39, 0.29) is 5.91 Å². The molecule has 4 heteroatoms. The third-order valence-electron chi connectivity index (χ3n) is 3.96. The van der Waals surface area contributed by atoms with Gasteiger partial charge in [0.25, 0.3) is 0 Å². The van der Waals surface area contributed by atoms with Gasteiger partial charge in [-0.15, -0.1) is 0 Å². The Morgan fingerprint density at radius 1 is 1.33 bits per heavy atom. The number of hydrogen-bond donors (Lipinski definition) is 0. The summed E-state index contributed by atoms with van der Waals surface area (Å²) in [6.45, 7) is 6.79. The molecule has 0 aliphatic heterocycles. The van der Waals surface area contributed by atoms with Gasteiger partial charge in [0.1, 0.15) is 6.73 Å². The SMILES string of the molecule is CCc1ccc(Cl)c(CC)c1N(COCC1CC1)C(C)=O. The number of nitrogens with zero attached hydrogens (tertiary/aromatic N) is 1. The number of halogens is 1. The van der Waals surface area contributed by atoms with Crippen LogP contribution >= 0.6 is 11.6 Å². The van der Waals surface area contributed by atoms with Crippen molar-refractivity contribution in [2.45, 2.75) is 46.5 Å². The average molecular weight is 310 g/mol. The maximum atomic E-state index is 12.1. The van der Waals surface area contributed by atoms with Gasteiger partial charge < -0.3 is 4.74 Å². The van der Waals surface area contributed by atoms with Crippen LogP contribution in [-0.2, 0) is 22.4 Å². The fourth-order valence-corrected chi connectivity index (χ4v) is 2.81. The Bertz CT molecular complexity index is 512. The summed E-state index contributed by atoms with van der Waals surface area (Å²) in [6, 6.07) is 3.93. The maximum absolute atomic E-state index is 12.1. The monoisotopic (exact) mass is 309 g/mol. The summed E-state index contributed by atoms with van der Waals surface area (Å²) in [7, 11) is 0. The van der Waals surface area contributed by atoms with Gasteiger partial charge in [-0.05, 0) is 48.8 Å². The van der Waals surface area contributed by atoms with Gasteiger partial charge in [0.05, 0.1) is 12.3 Å². The Morgan fingerprint density at radius 2 is 2.05 bits per heavy atom. The second-order valence-corrected chi connectivity index (χ2v) is 6.04. The lowest BCUT2D eigenvalue weighted by molar-refractivity contribution is -0.117. The third-order valence-corrected chi connectivity index (χ3v) is 4.32. The van der Waals surface area contributed by atoms with E-state index in [4.69, 9.17) is 16.3 Å². The topological polar surface area (TPSA) is 29.5 Å². The quantitative estimate of drug-likeness (QED) is 0.706. The molecule has 0 saturated heterocycles. The Balaban J connectivity index is 2.28. The van der Waals surface area contributed by atoms with Crippen molar-refractivity contribution in [1.82, 2.24) is 0 Å². The molecule has 0 heterocycles. The largest absolute Gasteiger partial charge is 0.360 e. The molecule has 0 aromatic heterocycles. The number of amides is 1. The van der Waals surface area contributed by atoms with Crippen molar-refractivity contribution in [1.29, 1.82) is 0 Å². The number of ether oxygens (including phenoxy) is 1. The second-order valence-electron chi connectivity index (χ2n) is 5.63. The van der Waals surface area contributed by atoms with E-state index in [2.05, 4.69) is 13.8 Å². The Kier molecular flexibility index (Phi) is 5.65. The molecule has 0 bridgehead atoms. The van der Waals surface area contributed by atoms with Crippen LogP contribution < -0.4 is 4.90 Å². The highest BCUT2D eigenvalue weighted by Crippen LogP contribution is 2.33. The predicted octanol–water partition coefficient (Wildman–Crippen LogP) is 4.20. The zero-order chi connectivity index (χ0) is 15.4. The lowest BCUT2D eigenvalue weighted by atomic mass is 10.0. The van der Waals surface area contributed by atoms with Crippen LogP contribution in [0.4, 0.5) is 5.69 Å². The molecule has 0 unspecified atom stereocenters. The standard InChI is InChI=1S/C17H24ClNO2/c1-4-14-8-9-16(18)15(5-2)17(14)19(12(3)20)11-21-10-13-6-7-13/h8-9,13H,4-7,10-11H2,1-3H3. The molecule has 1 saturated carbocycles. The Labute approximate surface area is 132 Å². The van der Waals surface area contributed by atoms with E-state index in [1.165, 1.54) is 12.8 Å². The molecule has 1 aromatic rings. The lowest BCUT2D eigenvalue weighted by Crippen LogP contribution is -2.33. The van der Waals surface area contributed by atoms with Gasteiger partial charge in [-0.2, -0.15) is 0 Å². The highest BCUT2D eigenvalue weighted by molar-refractivity contribution is 6.32. The fraction of sp³-hybridized carbons (Fsp3) is 0.588. The van der Waals surface area contributed by atoms with E-state index in [0.717, 1.165) is 41.3 Å². The van der Waals surface area contributed by atoms with E-state index in [1.807, 2.05) is 12.1 Å². The zero-order valence-corrected chi connectivity index (χ0v) is 13.9. The van der Waals surface area contributed by atoms with Gasteiger partial charge in [0.2, 0.25) is 5.91 Å². The third kappa shape index (κ3) is 3.98. The van der Waals surface area contributed by atoms with Crippen LogP contribution in [0.15, 0.2) is 12.1 Å². The fourth-order valence-electron chi connectivity index (χ4n) is 2.53. The van der Waals surface area contributed by atoms with Crippen molar-refractivity contribution in [2.24, 2.45) is 5.92 Å². The van der Waals surface area contributed by atoms with Crippen molar-refractivity contribution >= 4 is 23.2 Å². The van der Waals surface area contributed by atoms with Crippen molar-refractivity contribution < 1.29 is 9.53 Å². The summed E-state index contributed by atoms with van der Waals surface area (Å²) in [6.07, 6.45) is 4.16. The summed E-state index contributed by atoms with van der Waals surface area (Å²) in [5, 5.41) is 0.721. The van der Waals surface area contributed by atoms with Gasteiger partial charge in [-0.3, -0.25) is 9.69 Å². The first kappa shape index (κ1) is 16.3. The van der Waals surface area contributed by atoms with E-state index in [0.29, 0.717) is 12.6 Å². The van der Waals surface area contributed by atoms with E-state index in [1.54, 1.807) is 11.8 Å². The minimum Gasteiger partial charge on any atom is -0.360 e. The van der Waals surface area contributed by atoms with Gasteiger partial charge in [-0.25, -0.2) is 0 Å². The highest BCUT2D eigenvalue weighted by atomic mass is 35.5. The van der Waals surface area contributed by atoms with Crippen LogP contribution in [0.5, 0.6) is 0 Å². The number of aryl methyl sites for hydroxylation is 1. The second kappa shape index (κ2) is 7.28. The summed E-state index contributed by atoms with van der Waals surface area (Å²) >= 11 is 6.32. The zero-order valence-electron chi connectivity index (χ0n) is 13.1. The average Bonchev–Trinajstić information content (AvgIpc) is 3.27. The normalized spacial score (nSPS) is 14.3. The minimum atomic E-state index is -0.00235. The van der Waals surface area contributed by atoms with Gasteiger partial charge >= 0.3 is 0 Å². The van der Waals surface area contributed by atoms with E-state index in [9.17, 15) is 4.79 Å². The van der Waals surface area contributed by atoms with Crippen LogP contribution in [0.2, 0.25) is 5.02 Å². The number of hydrogen-bond acceptors (Lipinski definition) is 2. The van der Waals surface area contributed by atoms with E-state index < -0.39 is 0 Å². The molecular weight excluding hydrogens is 286 g/mol. The van der Waals surface area contributed by atoms with Gasteiger partial charge in [0.15, 0.2) is 0 Å². The van der Waals surface area contributed by atoms with Crippen LogP contribution in [-0.4, -0.2) is 19.2 Å². The number of rotatable bonds is 7. The van der Waals surface area contributed by atoms with Crippen molar-refractivity contribution in [3.63, 3.8) is 0 Å². The Morgan fingerprint density at radius 3 is 2.57 bits per heavy atom. The first-order valence-corrected chi connectivity index (χ1v) is 8.12. The maximum Gasteiger partial charge on any atom is 0.225 e. The molecule has 0 spiro atoms. The molecule has 21 heavy (non-hydrogen) atoms. The van der Waals surface area contributed by atoms with Crippen LogP contribution in [0.25, 0.3) is 0 Å². The van der Waals surface area contributed by atoms with Crippen molar-refractivity contribution in [3.05, 3.63) is 28.3 Å². The van der Waals surface area contributed by atoms with Crippen molar-refractivity contribution in [2.75, 3.05) is 18.2 Å². The first-order chi connectivity index (χ1) is 10.1. The molecule has 1 aliphatic rings. The molecule has 0 atom stereocenters. The summed E-state index contributed by atoms with van der Waals surface area (Å²) in [5.74, 6) is 0.687. The number of anilines is 1. The molecule has 1 fully saturated rings. The van der Waals surface area contributed by atoms with Gasteiger partial charge in [0, 0.05) is 11.9 Å². The van der Waals surface area contributed by atoms with E-state index >= 15 is 0 Å². The molecule has 1 aliphatic carbocycles. The van der Waals surface area contributed by atoms with Gasteiger partial charge in [-0.1, -0.05) is 31.5 Å². The molecular formula is C17H24ClNO2.